The lowest BCUT2D eigenvalue weighted by atomic mass is 9.96. The van der Waals surface area contributed by atoms with Gasteiger partial charge in [-0.3, -0.25) is 4.99 Å². The molecular weight excluding hydrogens is 507 g/mol. The van der Waals surface area contributed by atoms with Crippen LogP contribution in [0.25, 0.3) is 0 Å². The Kier molecular flexibility index (Phi) is 7.07. The molecule has 3 aliphatic heterocycles. The van der Waals surface area contributed by atoms with E-state index in [1.165, 1.54) is 24.9 Å². The Morgan fingerprint density at radius 2 is 2.08 bits per heavy atom. The maximum absolute atomic E-state index is 5.92. The van der Waals surface area contributed by atoms with Crippen LogP contribution < -0.4 is 15.5 Å². The molecule has 0 spiro atoms. The monoisotopic (exact) mass is 534 g/mol. The lowest BCUT2D eigenvalue weighted by molar-refractivity contribution is 0.0992. The third-order valence-electron chi connectivity index (χ3n) is 5.69. The van der Waals surface area contributed by atoms with Crippen molar-refractivity contribution in [1.82, 2.24) is 10.6 Å². The minimum atomic E-state index is 0. The van der Waals surface area contributed by atoms with E-state index in [1.54, 1.807) is 0 Å². The number of ether oxygens (including phenoxy) is 1. The third kappa shape index (κ3) is 4.65. The molecule has 1 aromatic rings. The Morgan fingerprint density at radius 1 is 1.27 bits per heavy atom. The zero-order valence-electron chi connectivity index (χ0n) is 15.2. The first-order valence-electron chi connectivity index (χ1n) is 9.34. The van der Waals surface area contributed by atoms with Crippen molar-refractivity contribution in [2.75, 3.05) is 31.6 Å². The summed E-state index contributed by atoms with van der Waals surface area (Å²) in [5, 5.41) is 7.09. The van der Waals surface area contributed by atoms with Crippen molar-refractivity contribution in [2.45, 2.75) is 43.9 Å². The van der Waals surface area contributed by atoms with Gasteiger partial charge in [-0.25, -0.2) is 0 Å². The van der Waals surface area contributed by atoms with Crippen LogP contribution in [0.4, 0.5) is 5.69 Å². The summed E-state index contributed by atoms with van der Waals surface area (Å²) >= 11 is 3.50. The molecule has 3 fully saturated rings. The second kappa shape index (κ2) is 9.10. The summed E-state index contributed by atoms with van der Waals surface area (Å²) in [5.41, 5.74) is 1.31. The summed E-state index contributed by atoms with van der Waals surface area (Å²) in [6, 6.07) is 9.03. The number of fused-ring (bicyclic) bond motifs is 2. The standard InChI is InChI=1S/C19H27BrN4O.HI/c1-21-19(23-17-10-16-6-7-18(17)25-16)22-11-13-8-9-24(12-13)15-4-2-14(20)3-5-15;/h2-5,13,16-18H,6-12H2,1H3,(H2,21,22,23);1H. The third-order valence-corrected chi connectivity index (χ3v) is 6.22. The van der Waals surface area contributed by atoms with E-state index in [9.17, 15) is 0 Å². The van der Waals surface area contributed by atoms with E-state index in [0.29, 0.717) is 24.2 Å². The Hall–Kier alpha value is -0.540. The number of halogens is 2. The normalized spacial score (nSPS) is 30.4. The minimum absolute atomic E-state index is 0. The second-order valence-electron chi connectivity index (χ2n) is 7.39. The van der Waals surface area contributed by atoms with Crippen LogP contribution in [0.5, 0.6) is 0 Å². The highest BCUT2D eigenvalue weighted by Gasteiger charge is 2.41. The van der Waals surface area contributed by atoms with Crippen LogP contribution in [0.2, 0.25) is 0 Å². The quantitative estimate of drug-likeness (QED) is 0.353. The van der Waals surface area contributed by atoms with Crippen molar-refractivity contribution in [3.05, 3.63) is 28.7 Å². The maximum Gasteiger partial charge on any atom is 0.191 e. The van der Waals surface area contributed by atoms with Gasteiger partial charge in [-0.15, -0.1) is 24.0 Å². The Labute approximate surface area is 181 Å². The average Bonchev–Trinajstić information content (AvgIpc) is 3.36. The van der Waals surface area contributed by atoms with Gasteiger partial charge in [-0.1, -0.05) is 15.9 Å². The van der Waals surface area contributed by atoms with Crippen LogP contribution in [-0.2, 0) is 4.74 Å². The zero-order valence-corrected chi connectivity index (χ0v) is 19.1. The Bertz CT molecular complexity index is 626. The molecule has 3 saturated heterocycles. The molecule has 3 heterocycles. The van der Waals surface area contributed by atoms with Crippen molar-refractivity contribution in [3.8, 4) is 0 Å². The van der Waals surface area contributed by atoms with E-state index < -0.39 is 0 Å². The molecule has 0 saturated carbocycles. The molecule has 26 heavy (non-hydrogen) atoms. The molecule has 4 unspecified atom stereocenters. The molecule has 0 amide bonds. The maximum atomic E-state index is 5.92. The molecule has 5 nitrogen and oxygen atoms in total. The fourth-order valence-electron chi connectivity index (χ4n) is 4.29. The highest BCUT2D eigenvalue weighted by atomic mass is 127. The first-order valence-corrected chi connectivity index (χ1v) is 10.1. The van der Waals surface area contributed by atoms with Gasteiger partial charge in [-0.2, -0.15) is 0 Å². The number of anilines is 1. The number of aliphatic imine (C=N–C) groups is 1. The van der Waals surface area contributed by atoms with E-state index in [-0.39, 0.29) is 24.0 Å². The van der Waals surface area contributed by atoms with Gasteiger partial charge in [0.15, 0.2) is 5.96 Å². The van der Waals surface area contributed by atoms with Gasteiger partial charge < -0.3 is 20.3 Å². The first kappa shape index (κ1) is 20.2. The van der Waals surface area contributed by atoms with Crippen LogP contribution in [0.3, 0.4) is 0 Å². The highest BCUT2D eigenvalue weighted by Crippen LogP contribution is 2.34. The van der Waals surface area contributed by atoms with E-state index >= 15 is 0 Å². The SMILES string of the molecule is CN=C(NCC1CCN(c2ccc(Br)cc2)C1)NC1CC2CCC1O2.I. The van der Waals surface area contributed by atoms with Gasteiger partial charge in [0, 0.05) is 36.8 Å². The number of nitrogens with one attached hydrogen (secondary N) is 2. The zero-order chi connectivity index (χ0) is 17.2. The molecule has 4 rings (SSSR count). The van der Waals surface area contributed by atoms with Crippen molar-refractivity contribution in [1.29, 1.82) is 0 Å². The fraction of sp³-hybridized carbons (Fsp3) is 0.632. The molecule has 0 radical (unpaired) electrons. The molecule has 2 N–H and O–H groups in total. The van der Waals surface area contributed by atoms with Crippen molar-refractivity contribution >= 4 is 51.6 Å². The van der Waals surface area contributed by atoms with Crippen LogP contribution >= 0.6 is 39.9 Å². The molecule has 2 bridgehead atoms. The topological polar surface area (TPSA) is 48.9 Å². The lowest BCUT2D eigenvalue weighted by Gasteiger charge is -2.23. The summed E-state index contributed by atoms with van der Waals surface area (Å²) in [6.07, 6.45) is 5.59. The first-order chi connectivity index (χ1) is 12.2. The lowest BCUT2D eigenvalue weighted by Crippen LogP contribution is -2.48. The van der Waals surface area contributed by atoms with Gasteiger partial charge in [0.05, 0.1) is 18.2 Å². The van der Waals surface area contributed by atoms with Crippen LogP contribution in [0.15, 0.2) is 33.7 Å². The number of rotatable bonds is 4. The van der Waals surface area contributed by atoms with E-state index in [0.717, 1.165) is 36.5 Å². The predicted octanol–water partition coefficient (Wildman–Crippen LogP) is 3.38. The van der Waals surface area contributed by atoms with Crippen LogP contribution in [0, 0.1) is 5.92 Å². The van der Waals surface area contributed by atoms with Gasteiger partial charge in [0.2, 0.25) is 0 Å². The molecule has 3 aliphatic rings. The van der Waals surface area contributed by atoms with E-state index in [2.05, 4.69) is 60.7 Å². The predicted molar refractivity (Wildman–Crippen MR) is 121 cm³/mol. The molecule has 144 valence electrons. The molecule has 0 aliphatic carbocycles. The number of guanidine groups is 1. The highest BCUT2D eigenvalue weighted by molar-refractivity contribution is 14.0. The smallest absolute Gasteiger partial charge is 0.191 e. The number of hydrogen-bond acceptors (Lipinski definition) is 3. The van der Waals surface area contributed by atoms with Crippen molar-refractivity contribution < 1.29 is 4.74 Å². The Balaban J connectivity index is 0.00000196. The van der Waals surface area contributed by atoms with E-state index in [4.69, 9.17) is 4.74 Å². The summed E-state index contributed by atoms with van der Waals surface area (Å²) in [5.74, 6) is 1.57. The van der Waals surface area contributed by atoms with Crippen molar-refractivity contribution in [3.63, 3.8) is 0 Å². The summed E-state index contributed by atoms with van der Waals surface area (Å²) in [6.45, 7) is 3.19. The average molecular weight is 535 g/mol. The minimum Gasteiger partial charge on any atom is -0.373 e. The van der Waals surface area contributed by atoms with E-state index in [1.807, 2.05) is 7.05 Å². The second-order valence-corrected chi connectivity index (χ2v) is 8.31. The van der Waals surface area contributed by atoms with Gasteiger partial charge >= 0.3 is 0 Å². The molecular formula is C19H28BrIN4O. The van der Waals surface area contributed by atoms with Gasteiger partial charge in [0.25, 0.3) is 0 Å². The van der Waals surface area contributed by atoms with Gasteiger partial charge in [-0.05, 0) is 55.9 Å². The number of nitrogens with zero attached hydrogens (tertiary/aromatic N) is 2. The molecule has 7 heteroatoms. The number of benzene rings is 1. The largest absolute Gasteiger partial charge is 0.373 e. The molecule has 0 aromatic heterocycles. The molecule has 1 aromatic carbocycles. The van der Waals surface area contributed by atoms with Crippen LogP contribution in [0.1, 0.15) is 25.7 Å². The van der Waals surface area contributed by atoms with Gasteiger partial charge in [0.1, 0.15) is 0 Å². The van der Waals surface area contributed by atoms with Crippen LogP contribution in [-0.4, -0.2) is 50.9 Å². The summed E-state index contributed by atoms with van der Waals surface area (Å²) in [7, 11) is 1.85. The Morgan fingerprint density at radius 3 is 2.73 bits per heavy atom. The summed E-state index contributed by atoms with van der Waals surface area (Å²) in [4.78, 5) is 6.87. The fourth-order valence-corrected chi connectivity index (χ4v) is 4.55. The van der Waals surface area contributed by atoms with Crippen molar-refractivity contribution in [2.24, 2.45) is 10.9 Å². The number of hydrogen-bond donors (Lipinski definition) is 2. The summed E-state index contributed by atoms with van der Waals surface area (Å²) < 4.78 is 7.06. The molecule has 4 atom stereocenters.